The summed E-state index contributed by atoms with van der Waals surface area (Å²) in [6, 6.07) is 8.55. The van der Waals surface area contributed by atoms with Crippen molar-refractivity contribution in [3.8, 4) is 17.2 Å². The zero-order valence-corrected chi connectivity index (χ0v) is 25.3. The van der Waals surface area contributed by atoms with Gasteiger partial charge in [0, 0.05) is 5.56 Å². The average molecular weight is 565 g/mol. The number of rotatable bonds is 8. The molecule has 0 bridgehead atoms. The molecule has 1 aliphatic heterocycles. The fraction of sp³-hybridized carbons (Fsp3) is 0.387. The Morgan fingerprint density at radius 2 is 1.70 bits per heavy atom. The molecule has 0 saturated heterocycles. The SMILES string of the molecule is COc1ccc(OC)c([C@@H]2C(C(=O)OC(C)C)=C(C)N=c3s/c(=C\c4cc(C(C)C)c(OC)cc4C)c(=O)n32)c1. The van der Waals surface area contributed by atoms with Crippen LogP contribution in [0.15, 0.2) is 51.4 Å². The molecule has 3 aromatic rings. The number of esters is 1. The van der Waals surface area contributed by atoms with Gasteiger partial charge in [-0.2, -0.15) is 0 Å². The van der Waals surface area contributed by atoms with Crippen molar-refractivity contribution in [2.24, 2.45) is 4.99 Å². The largest absolute Gasteiger partial charge is 0.497 e. The summed E-state index contributed by atoms with van der Waals surface area (Å²) in [7, 11) is 4.78. The molecule has 0 radical (unpaired) electrons. The second-order valence-electron chi connectivity index (χ2n) is 10.2. The van der Waals surface area contributed by atoms with Crippen LogP contribution in [0.5, 0.6) is 17.2 Å². The summed E-state index contributed by atoms with van der Waals surface area (Å²) in [5.74, 6) is 1.60. The molecule has 4 rings (SSSR count). The number of hydrogen-bond donors (Lipinski definition) is 0. The lowest BCUT2D eigenvalue weighted by molar-refractivity contribution is -0.143. The molecule has 0 amide bonds. The zero-order valence-electron chi connectivity index (χ0n) is 24.4. The Bertz CT molecular complexity index is 1660. The number of benzene rings is 2. The molecular weight excluding hydrogens is 528 g/mol. The van der Waals surface area contributed by atoms with Gasteiger partial charge in [-0.15, -0.1) is 0 Å². The van der Waals surface area contributed by atoms with Gasteiger partial charge in [-0.25, -0.2) is 9.79 Å². The van der Waals surface area contributed by atoms with E-state index in [1.54, 1.807) is 64.9 Å². The second-order valence-corrected chi connectivity index (χ2v) is 11.3. The Labute approximate surface area is 238 Å². The van der Waals surface area contributed by atoms with Crippen molar-refractivity contribution in [2.45, 2.75) is 59.6 Å². The highest BCUT2D eigenvalue weighted by Crippen LogP contribution is 2.38. The molecule has 0 fully saturated rings. The first-order chi connectivity index (χ1) is 19.0. The van der Waals surface area contributed by atoms with Gasteiger partial charge in [0.15, 0.2) is 4.80 Å². The van der Waals surface area contributed by atoms with E-state index in [0.29, 0.717) is 32.1 Å². The minimum Gasteiger partial charge on any atom is -0.497 e. The first kappa shape index (κ1) is 29.1. The van der Waals surface area contributed by atoms with Crippen LogP contribution in [0.3, 0.4) is 0 Å². The minimum atomic E-state index is -0.821. The predicted octanol–water partition coefficient (Wildman–Crippen LogP) is 4.64. The van der Waals surface area contributed by atoms with Crippen LogP contribution in [-0.4, -0.2) is 38.0 Å². The van der Waals surface area contributed by atoms with E-state index in [-0.39, 0.29) is 23.2 Å². The quantitative estimate of drug-likeness (QED) is 0.371. The van der Waals surface area contributed by atoms with E-state index in [9.17, 15) is 9.59 Å². The van der Waals surface area contributed by atoms with Crippen molar-refractivity contribution in [3.05, 3.63) is 83.5 Å². The number of ether oxygens (including phenoxy) is 4. The van der Waals surface area contributed by atoms with Crippen LogP contribution in [0.4, 0.5) is 0 Å². The number of aromatic nitrogens is 1. The highest BCUT2D eigenvalue weighted by molar-refractivity contribution is 7.07. The third kappa shape index (κ3) is 5.43. The number of thiazole rings is 1. The van der Waals surface area contributed by atoms with Gasteiger partial charge in [0.2, 0.25) is 0 Å². The molecule has 0 aliphatic carbocycles. The van der Waals surface area contributed by atoms with Gasteiger partial charge in [-0.3, -0.25) is 9.36 Å². The molecule has 212 valence electrons. The molecule has 8 nitrogen and oxygen atoms in total. The Kier molecular flexibility index (Phi) is 8.54. The fourth-order valence-electron chi connectivity index (χ4n) is 4.85. The summed E-state index contributed by atoms with van der Waals surface area (Å²) in [6.45, 7) is 11.5. The van der Waals surface area contributed by atoms with Gasteiger partial charge < -0.3 is 18.9 Å². The Hall–Kier alpha value is -3.85. The number of aryl methyl sites for hydroxylation is 1. The summed E-state index contributed by atoms with van der Waals surface area (Å²) in [5, 5.41) is 0. The van der Waals surface area contributed by atoms with Crippen LogP contribution >= 0.6 is 11.3 Å². The van der Waals surface area contributed by atoms with Crippen molar-refractivity contribution < 1.29 is 23.7 Å². The van der Waals surface area contributed by atoms with Gasteiger partial charge in [-0.05, 0) is 86.7 Å². The van der Waals surface area contributed by atoms with E-state index in [2.05, 4.69) is 19.9 Å². The number of nitrogens with zero attached hydrogens (tertiary/aromatic N) is 2. The van der Waals surface area contributed by atoms with Crippen LogP contribution in [0, 0.1) is 6.92 Å². The summed E-state index contributed by atoms with van der Waals surface area (Å²) in [4.78, 5) is 32.7. The standard InChI is InChI=1S/C31H36N2O6S/c1-16(2)22-13-20(18(5)12-25(22)38-9)14-26-29(34)33-28(23-15-21(36-7)10-11-24(23)37-8)27(30(35)39-17(3)4)19(6)32-31(33)40-26/h10-17,28H,1-9H3/b26-14-/t28-/m1/s1. The first-order valence-electron chi connectivity index (χ1n) is 13.1. The summed E-state index contributed by atoms with van der Waals surface area (Å²) >= 11 is 1.28. The number of hydrogen-bond acceptors (Lipinski definition) is 8. The summed E-state index contributed by atoms with van der Waals surface area (Å²) < 4.78 is 24.4. The molecule has 9 heteroatoms. The van der Waals surface area contributed by atoms with Gasteiger partial charge in [0.05, 0.1) is 43.2 Å². The minimum absolute atomic E-state index is 0.238. The van der Waals surface area contributed by atoms with Crippen molar-refractivity contribution in [3.63, 3.8) is 0 Å². The van der Waals surface area contributed by atoms with E-state index in [0.717, 1.165) is 22.4 Å². The fourth-order valence-corrected chi connectivity index (χ4v) is 5.89. The van der Waals surface area contributed by atoms with E-state index >= 15 is 0 Å². The molecule has 1 aliphatic rings. The molecule has 40 heavy (non-hydrogen) atoms. The van der Waals surface area contributed by atoms with E-state index in [4.69, 9.17) is 23.9 Å². The normalized spacial score (nSPS) is 15.3. The topological polar surface area (TPSA) is 88.4 Å². The second kappa shape index (κ2) is 11.7. The number of methoxy groups -OCH3 is 3. The smallest absolute Gasteiger partial charge is 0.338 e. The number of carbonyl (C=O) groups excluding carboxylic acids is 1. The highest BCUT2D eigenvalue weighted by Gasteiger charge is 2.35. The highest BCUT2D eigenvalue weighted by atomic mass is 32.1. The lowest BCUT2D eigenvalue weighted by Gasteiger charge is -2.26. The van der Waals surface area contributed by atoms with Crippen LogP contribution in [0.2, 0.25) is 0 Å². The maximum atomic E-state index is 14.1. The van der Waals surface area contributed by atoms with Crippen molar-refractivity contribution in [2.75, 3.05) is 21.3 Å². The average Bonchev–Trinajstić information content (AvgIpc) is 3.21. The lowest BCUT2D eigenvalue weighted by atomic mass is 9.94. The van der Waals surface area contributed by atoms with Crippen LogP contribution < -0.4 is 29.1 Å². The Morgan fingerprint density at radius 1 is 1.00 bits per heavy atom. The van der Waals surface area contributed by atoms with E-state index in [1.165, 1.54) is 11.3 Å². The molecule has 0 unspecified atom stereocenters. The number of fused-ring (bicyclic) bond motifs is 1. The van der Waals surface area contributed by atoms with Crippen molar-refractivity contribution in [1.82, 2.24) is 4.57 Å². The van der Waals surface area contributed by atoms with E-state index in [1.807, 2.05) is 19.1 Å². The molecule has 0 spiro atoms. The first-order valence-corrected chi connectivity index (χ1v) is 14.0. The summed E-state index contributed by atoms with van der Waals surface area (Å²) in [6.07, 6.45) is 1.54. The number of allylic oxidation sites excluding steroid dienone is 1. The molecule has 0 saturated carbocycles. The zero-order chi connectivity index (χ0) is 29.3. The summed E-state index contributed by atoms with van der Waals surface area (Å²) in [5.41, 5.74) is 4.05. The maximum Gasteiger partial charge on any atom is 0.338 e. The maximum absolute atomic E-state index is 14.1. The van der Waals surface area contributed by atoms with E-state index < -0.39 is 12.0 Å². The molecular formula is C31H36N2O6S. The monoisotopic (exact) mass is 564 g/mol. The molecule has 2 heterocycles. The Morgan fingerprint density at radius 3 is 2.30 bits per heavy atom. The van der Waals surface area contributed by atoms with Crippen LogP contribution in [-0.2, 0) is 9.53 Å². The molecule has 1 atom stereocenters. The molecule has 2 aromatic carbocycles. The number of carbonyl (C=O) groups is 1. The third-order valence-electron chi connectivity index (χ3n) is 6.84. The predicted molar refractivity (Wildman–Crippen MR) is 156 cm³/mol. The molecule has 0 N–H and O–H groups in total. The van der Waals surface area contributed by atoms with Crippen LogP contribution in [0.25, 0.3) is 6.08 Å². The van der Waals surface area contributed by atoms with Gasteiger partial charge in [0.25, 0.3) is 5.56 Å². The Balaban J connectivity index is 2.02. The lowest BCUT2D eigenvalue weighted by Crippen LogP contribution is -2.40. The van der Waals surface area contributed by atoms with Gasteiger partial charge in [-0.1, -0.05) is 25.2 Å². The van der Waals surface area contributed by atoms with Crippen molar-refractivity contribution in [1.29, 1.82) is 0 Å². The van der Waals surface area contributed by atoms with Crippen LogP contribution in [0.1, 0.15) is 68.8 Å². The van der Waals surface area contributed by atoms with Crippen molar-refractivity contribution >= 4 is 23.4 Å². The van der Waals surface area contributed by atoms with Gasteiger partial charge >= 0.3 is 5.97 Å². The third-order valence-corrected chi connectivity index (χ3v) is 7.83. The van der Waals surface area contributed by atoms with Gasteiger partial charge in [0.1, 0.15) is 23.3 Å². The molecule has 1 aromatic heterocycles.